The molecule has 2 N–H and O–H groups in total. The van der Waals surface area contributed by atoms with Crippen LogP contribution in [-0.4, -0.2) is 38.3 Å². The maximum Gasteiger partial charge on any atom is 0.223 e. The van der Waals surface area contributed by atoms with Gasteiger partial charge in [0.25, 0.3) is 0 Å². The average molecular weight is 291 g/mol. The van der Waals surface area contributed by atoms with Crippen molar-refractivity contribution in [1.29, 1.82) is 0 Å². The first-order valence-corrected chi connectivity index (χ1v) is 7.27. The first-order valence-electron chi connectivity index (χ1n) is 7.27. The van der Waals surface area contributed by atoms with Gasteiger partial charge in [-0.2, -0.15) is 0 Å². The molecule has 2 aliphatic rings. The summed E-state index contributed by atoms with van der Waals surface area (Å²) in [6.07, 6.45) is 8.10. The Morgan fingerprint density at radius 3 is 2.63 bits per heavy atom. The van der Waals surface area contributed by atoms with Crippen LogP contribution in [0.5, 0.6) is 0 Å². The molecule has 1 saturated heterocycles. The van der Waals surface area contributed by atoms with Gasteiger partial charge in [-0.25, -0.2) is 0 Å². The van der Waals surface area contributed by atoms with E-state index >= 15 is 0 Å². The van der Waals surface area contributed by atoms with Crippen LogP contribution in [0.25, 0.3) is 0 Å². The summed E-state index contributed by atoms with van der Waals surface area (Å²) in [5.41, 5.74) is -0.0287. The van der Waals surface area contributed by atoms with Crippen LogP contribution in [-0.2, 0) is 9.53 Å². The molecule has 1 amide bonds. The molecule has 19 heavy (non-hydrogen) atoms. The molecule has 112 valence electrons. The van der Waals surface area contributed by atoms with Crippen molar-refractivity contribution in [3.63, 3.8) is 0 Å². The molecular weight excluding hydrogens is 264 g/mol. The molecule has 1 heterocycles. The number of halogens is 1. The molecule has 0 radical (unpaired) electrons. The zero-order valence-corrected chi connectivity index (χ0v) is 12.7. The van der Waals surface area contributed by atoms with Crippen molar-refractivity contribution in [3.05, 3.63) is 0 Å². The van der Waals surface area contributed by atoms with Crippen molar-refractivity contribution in [1.82, 2.24) is 10.6 Å². The number of methoxy groups -OCH3 is 1. The van der Waals surface area contributed by atoms with Crippen LogP contribution in [0.2, 0.25) is 0 Å². The summed E-state index contributed by atoms with van der Waals surface area (Å²) in [4.78, 5) is 12.1. The van der Waals surface area contributed by atoms with E-state index in [4.69, 9.17) is 4.74 Å². The van der Waals surface area contributed by atoms with E-state index in [0.717, 1.165) is 25.8 Å². The SMILES string of the molecule is COCC1(CNC(=O)C2CCCCC2)CCCN1.Cl. The van der Waals surface area contributed by atoms with Gasteiger partial charge in [0.05, 0.1) is 12.1 Å². The molecule has 2 fully saturated rings. The highest BCUT2D eigenvalue weighted by molar-refractivity contribution is 5.85. The third kappa shape index (κ3) is 4.62. The summed E-state index contributed by atoms with van der Waals surface area (Å²) in [5.74, 6) is 0.499. The highest BCUT2D eigenvalue weighted by Gasteiger charge is 2.34. The summed E-state index contributed by atoms with van der Waals surface area (Å²) in [7, 11) is 1.73. The van der Waals surface area contributed by atoms with Crippen LogP contribution in [0, 0.1) is 5.92 Å². The predicted octanol–water partition coefficient (Wildman–Crippen LogP) is 1.87. The fourth-order valence-corrected chi connectivity index (χ4v) is 3.24. The fraction of sp³-hybridized carbons (Fsp3) is 0.929. The Hall–Kier alpha value is -0.320. The third-order valence-electron chi connectivity index (χ3n) is 4.33. The Balaban J connectivity index is 0.00000180. The minimum atomic E-state index is -0.0287. The Bertz CT molecular complexity index is 275. The van der Waals surface area contributed by atoms with E-state index in [0.29, 0.717) is 13.2 Å². The van der Waals surface area contributed by atoms with E-state index in [-0.39, 0.29) is 29.8 Å². The van der Waals surface area contributed by atoms with Crippen LogP contribution in [0.1, 0.15) is 44.9 Å². The molecule has 4 nitrogen and oxygen atoms in total. The Morgan fingerprint density at radius 2 is 2.05 bits per heavy atom. The fourth-order valence-electron chi connectivity index (χ4n) is 3.24. The first-order chi connectivity index (χ1) is 8.76. The highest BCUT2D eigenvalue weighted by Crippen LogP contribution is 2.24. The molecule has 1 saturated carbocycles. The lowest BCUT2D eigenvalue weighted by atomic mass is 9.88. The quantitative estimate of drug-likeness (QED) is 0.813. The minimum Gasteiger partial charge on any atom is -0.383 e. The number of ether oxygens (including phenoxy) is 1. The van der Waals surface area contributed by atoms with E-state index < -0.39 is 0 Å². The van der Waals surface area contributed by atoms with E-state index in [1.54, 1.807) is 7.11 Å². The van der Waals surface area contributed by atoms with Gasteiger partial charge in [-0.1, -0.05) is 19.3 Å². The zero-order valence-electron chi connectivity index (χ0n) is 11.9. The molecule has 1 atom stereocenters. The normalized spacial score (nSPS) is 27.8. The topological polar surface area (TPSA) is 50.4 Å². The van der Waals surface area contributed by atoms with Gasteiger partial charge in [-0.15, -0.1) is 12.4 Å². The van der Waals surface area contributed by atoms with Crippen molar-refractivity contribution in [2.24, 2.45) is 5.92 Å². The average Bonchev–Trinajstić information content (AvgIpc) is 2.87. The number of rotatable bonds is 5. The second kappa shape index (κ2) is 8.08. The number of carbonyl (C=O) groups excluding carboxylic acids is 1. The number of amides is 1. The van der Waals surface area contributed by atoms with E-state index in [1.807, 2.05) is 0 Å². The predicted molar refractivity (Wildman–Crippen MR) is 78.7 cm³/mol. The van der Waals surface area contributed by atoms with Gasteiger partial charge in [-0.05, 0) is 32.2 Å². The summed E-state index contributed by atoms with van der Waals surface area (Å²) < 4.78 is 5.29. The Morgan fingerprint density at radius 1 is 1.32 bits per heavy atom. The summed E-state index contributed by atoms with van der Waals surface area (Å²) in [5, 5.41) is 6.63. The van der Waals surface area contributed by atoms with Crippen LogP contribution in [0.3, 0.4) is 0 Å². The van der Waals surface area contributed by atoms with Gasteiger partial charge >= 0.3 is 0 Å². The van der Waals surface area contributed by atoms with Crippen molar-refractivity contribution in [2.45, 2.75) is 50.5 Å². The summed E-state index contributed by atoms with van der Waals surface area (Å²) in [6, 6.07) is 0. The number of hydrogen-bond acceptors (Lipinski definition) is 3. The first kappa shape index (κ1) is 16.7. The number of carbonyl (C=O) groups is 1. The van der Waals surface area contributed by atoms with Crippen LogP contribution in [0.15, 0.2) is 0 Å². The van der Waals surface area contributed by atoms with Gasteiger partial charge in [-0.3, -0.25) is 4.79 Å². The zero-order chi connectivity index (χ0) is 12.8. The second-order valence-electron chi connectivity index (χ2n) is 5.80. The smallest absolute Gasteiger partial charge is 0.223 e. The third-order valence-corrected chi connectivity index (χ3v) is 4.33. The monoisotopic (exact) mass is 290 g/mol. The van der Waals surface area contributed by atoms with Crippen molar-refractivity contribution in [2.75, 3.05) is 26.8 Å². The Labute approximate surface area is 122 Å². The molecule has 0 aromatic heterocycles. The molecule has 1 aliphatic carbocycles. The molecule has 1 unspecified atom stereocenters. The van der Waals surface area contributed by atoms with E-state index in [2.05, 4.69) is 10.6 Å². The van der Waals surface area contributed by atoms with E-state index in [9.17, 15) is 4.79 Å². The van der Waals surface area contributed by atoms with Gasteiger partial charge in [0.2, 0.25) is 5.91 Å². The molecule has 0 spiro atoms. The number of hydrogen-bond donors (Lipinski definition) is 2. The van der Waals surface area contributed by atoms with Gasteiger partial charge < -0.3 is 15.4 Å². The van der Waals surface area contributed by atoms with Crippen LogP contribution in [0.4, 0.5) is 0 Å². The lowest BCUT2D eigenvalue weighted by Crippen LogP contribution is -2.53. The largest absolute Gasteiger partial charge is 0.383 e. The minimum absolute atomic E-state index is 0. The van der Waals surface area contributed by atoms with Gasteiger partial charge in [0.15, 0.2) is 0 Å². The lowest BCUT2D eigenvalue weighted by Gasteiger charge is -2.30. The van der Waals surface area contributed by atoms with Crippen molar-refractivity contribution in [3.8, 4) is 0 Å². The maximum absolute atomic E-state index is 12.1. The number of nitrogens with one attached hydrogen (secondary N) is 2. The molecule has 0 aromatic rings. The molecular formula is C14H27ClN2O2. The van der Waals surface area contributed by atoms with E-state index in [1.165, 1.54) is 25.7 Å². The van der Waals surface area contributed by atoms with Crippen molar-refractivity contribution >= 4 is 18.3 Å². The molecule has 0 aromatic carbocycles. The molecule has 5 heteroatoms. The lowest BCUT2D eigenvalue weighted by molar-refractivity contribution is -0.126. The maximum atomic E-state index is 12.1. The standard InChI is InChI=1S/C14H26N2O2.ClH/c1-18-11-14(8-5-9-16-14)10-15-13(17)12-6-3-2-4-7-12;/h12,16H,2-11H2,1H3,(H,15,17);1H. The molecule has 0 bridgehead atoms. The van der Waals surface area contributed by atoms with Gasteiger partial charge in [0, 0.05) is 19.6 Å². The summed E-state index contributed by atoms with van der Waals surface area (Å²) >= 11 is 0. The second-order valence-corrected chi connectivity index (χ2v) is 5.80. The molecule has 2 rings (SSSR count). The highest BCUT2D eigenvalue weighted by atomic mass is 35.5. The van der Waals surface area contributed by atoms with Crippen LogP contribution < -0.4 is 10.6 Å². The van der Waals surface area contributed by atoms with Gasteiger partial charge in [0.1, 0.15) is 0 Å². The van der Waals surface area contributed by atoms with Crippen LogP contribution >= 0.6 is 12.4 Å². The molecule has 1 aliphatic heterocycles. The Kier molecular flexibility index (Phi) is 7.11. The summed E-state index contributed by atoms with van der Waals surface area (Å²) in [6.45, 7) is 2.41. The van der Waals surface area contributed by atoms with Crippen molar-refractivity contribution < 1.29 is 9.53 Å².